The van der Waals surface area contributed by atoms with Crippen molar-refractivity contribution in [2.75, 3.05) is 26.7 Å². The maximum Gasteiger partial charge on any atom is 0.251 e. The number of halogens is 2. The molecule has 0 spiro atoms. The van der Waals surface area contributed by atoms with Gasteiger partial charge in [-0.25, -0.2) is 13.8 Å². The molecule has 1 saturated heterocycles. The third-order valence-electron chi connectivity index (χ3n) is 4.93. The molecule has 2 heterocycles. The van der Waals surface area contributed by atoms with Gasteiger partial charge in [-0.3, -0.25) is 9.89 Å². The monoisotopic (exact) mass is 411 g/mol. The predicted molar refractivity (Wildman–Crippen MR) is 113 cm³/mol. The molecule has 0 amide bonds. The normalized spacial score (nSPS) is 17.6. The topological polar surface area (TPSA) is 61.8 Å². The number of alkyl halides is 2. The van der Waals surface area contributed by atoms with Crippen LogP contribution >= 0.6 is 0 Å². The van der Waals surface area contributed by atoms with Crippen LogP contribution in [0.5, 0.6) is 5.88 Å². The van der Waals surface area contributed by atoms with Crippen molar-refractivity contribution >= 4 is 5.96 Å². The molecule has 1 aliphatic heterocycles. The van der Waals surface area contributed by atoms with Crippen molar-refractivity contribution in [3.63, 3.8) is 0 Å². The van der Waals surface area contributed by atoms with Crippen molar-refractivity contribution < 1.29 is 13.5 Å². The Hall–Kier alpha value is -1.96. The molecule has 1 aromatic rings. The fourth-order valence-electron chi connectivity index (χ4n) is 3.57. The van der Waals surface area contributed by atoms with E-state index in [-0.39, 0.29) is 18.7 Å². The highest BCUT2D eigenvalue weighted by atomic mass is 19.3. The molecule has 8 heteroatoms. The van der Waals surface area contributed by atoms with Gasteiger partial charge in [0.15, 0.2) is 5.96 Å². The van der Waals surface area contributed by atoms with Gasteiger partial charge in [0.05, 0.1) is 12.6 Å². The summed E-state index contributed by atoms with van der Waals surface area (Å²) in [5.74, 6) is 1.92. The van der Waals surface area contributed by atoms with Crippen LogP contribution in [0.2, 0.25) is 0 Å². The van der Waals surface area contributed by atoms with Crippen molar-refractivity contribution in [1.29, 1.82) is 0 Å². The summed E-state index contributed by atoms with van der Waals surface area (Å²) in [6, 6.07) is 4.13. The zero-order chi connectivity index (χ0) is 21.2. The standard InChI is InChI=1S/C21H35F2N5O/c1-15(2)11-16(3)29-20-12-17(5-8-25-20)13-26-21(24-4)27-18-6-9-28(10-7-18)14-19(22)23/h5,8,12,15-16,18-19H,6-7,9-11,13-14H2,1-4H3,(H2,24,26,27). The van der Waals surface area contributed by atoms with Crippen LogP contribution in [-0.2, 0) is 6.54 Å². The van der Waals surface area contributed by atoms with Gasteiger partial charge in [-0.15, -0.1) is 0 Å². The van der Waals surface area contributed by atoms with Crippen LogP contribution in [0, 0.1) is 5.92 Å². The highest BCUT2D eigenvalue weighted by Gasteiger charge is 2.22. The lowest BCUT2D eigenvalue weighted by Crippen LogP contribution is -2.49. The smallest absolute Gasteiger partial charge is 0.251 e. The third-order valence-corrected chi connectivity index (χ3v) is 4.93. The van der Waals surface area contributed by atoms with E-state index in [1.54, 1.807) is 13.2 Å². The van der Waals surface area contributed by atoms with Gasteiger partial charge in [0, 0.05) is 45.0 Å². The number of rotatable bonds is 9. The summed E-state index contributed by atoms with van der Waals surface area (Å²) in [5.41, 5.74) is 1.06. The van der Waals surface area contributed by atoms with E-state index in [2.05, 4.69) is 41.4 Å². The number of guanidine groups is 1. The molecule has 1 aliphatic rings. The number of pyridine rings is 1. The van der Waals surface area contributed by atoms with E-state index < -0.39 is 6.43 Å². The fraction of sp³-hybridized carbons (Fsp3) is 0.714. The Morgan fingerprint density at radius 3 is 2.66 bits per heavy atom. The van der Waals surface area contributed by atoms with Crippen LogP contribution < -0.4 is 15.4 Å². The molecule has 0 bridgehead atoms. The first-order chi connectivity index (χ1) is 13.9. The maximum atomic E-state index is 12.5. The lowest BCUT2D eigenvalue weighted by Gasteiger charge is -2.32. The predicted octanol–water partition coefficient (Wildman–Crippen LogP) is 3.29. The van der Waals surface area contributed by atoms with Gasteiger partial charge in [0.2, 0.25) is 5.88 Å². The van der Waals surface area contributed by atoms with Crippen molar-refractivity contribution in [3.8, 4) is 5.88 Å². The molecule has 29 heavy (non-hydrogen) atoms. The second kappa shape index (κ2) is 11.9. The summed E-state index contributed by atoms with van der Waals surface area (Å²) in [6.45, 7) is 8.23. The molecule has 2 N–H and O–H groups in total. The second-order valence-electron chi connectivity index (χ2n) is 8.10. The average molecular weight is 412 g/mol. The van der Waals surface area contributed by atoms with Gasteiger partial charge in [-0.1, -0.05) is 13.8 Å². The Morgan fingerprint density at radius 1 is 1.31 bits per heavy atom. The minimum Gasteiger partial charge on any atom is -0.475 e. The fourth-order valence-corrected chi connectivity index (χ4v) is 3.57. The molecule has 0 radical (unpaired) electrons. The lowest BCUT2D eigenvalue weighted by molar-refractivity contribution is 0.0744. The van der Waals surface area contributed by atoms with Crippen molar-refractivity contribution in [2.45, 2.75) is 65.1 Å². The Bertz CT molecular complexity index is 633. The van der Waals surface area contributed by atoms with Crippen LogP contribution in [0.1, 0.15) is 45.6 Å². The second-order valence-corrected chi connectivity index (χ2v) is 8.10. The number of hydrogen-bond acceptors (Lipinski definition) is 4. The first kappa shape index (κ1) is 23.3. The van der Waals surface area contributed by atoms with Gasteiger partial charge in [0.1, 0.15) is 0 Å². The van der Waals surface area contributed by atoms with Crippen LogP contribution in [-0.4, -0.2) is 61.1 Å². The number of ether oxygens (including phenoxy) is 1. The van der Waals surface area contributed by atoms with Gasteiger partial charge < -0.3 is 15.4 Å². The Labute approximate surface area is 173 Å². The summed E-state index contributed by atoms with van der Waals surface area (Å²) < 4.78 is 30.9. The summed E-state index contributed by atoms with van der Waals surface area (Å²) >= 11 is 0. The van der Waals surface area contributed by atoms with E-state index in [4.69, 9.17) is 4.74 Å². The van der Waals surface area contributed by atoms with Crippen molar-refractivity contribution in [3.05, 3.63) is 23.9 Å². The molecule has 0 aromatic carbocycles. The highest BCUT2D eigenvalue weighted by molar-refractivity contribution is 5.79. The molecule has 0 saturated carbocycles. The average Bonchev–Trinajstić information content (AvgIpc) is 2.65. The number of piperidine rings is 1. The Morgan fingerprint density at radius 2 is 2.03 bits per heavy atom. The molecule has 1 unspecified atom stereocenters. The zero-order valence-electron chi connectivity index (χ0n) is 18.0. The quantitative estimate of drug-likeness (QED) is 0.482. The summed E-state index contributed by atoms with van der Waals surface area (Å²) in [6.07, 6.45) is 2.25. The number of likely N-dealkylation sites (tertiary alicyclic amines) is 1. The van der Waals surface area contributed by atoms with E-state index in [1.807, 2.05) is 17.0 Å². The number of aromatic nitrogens is 1. The number of nitrogens with one attached hydrogen (secondary N) is 2. The first-order valence-corrected chi connectivity index (χ1v) is 10.4. The van der Waals surface area contributed by atoms with Crippen molar-refractivity contribution in [1.82, 2.24) is 20.5 Å². The van der Waals surface area contributed by atoms with Crippen LogP contribution in [0.3, 0.4) is 0 Å². The molecule has 1 aromatic heterocycles. The number of nitrogens with zero attached hydrogens (tertiary/aromatic N) is 3. The van der Waals surface area contributed by atoms with Gasteiger partial charge in [-0.2, -0.15) is 0 Å². The lowest BCUT2D eigenvalue weighted by atomic mass is 10.1. The minimum atomic E-state index is -2.27. The molecule has 164 valence electrons. The Kier molecular flexibility index (Phi) is 9.57. The zero-order valence-corrected chi connectivity index (χ0v) is 18.0. The molecular weight excluding hydrogens is 376 g/mol. The molecule has 0 aliphatic carbocycles. The van der Waals surface area contributed by atoms with E-state index in [1.165, 1.54) is 0 Å². The third kappa shape index (κ3) is 8.94. The largest absolute Gasteiger partial charge is 0.475 e. The molecule has 1 fully saturated rings. The van der Waals surface area contributed by atoms with Gasteiger partial charge >= 0.3 is 0 Å². The summed E-state index contributed by atoms with van der Waals surface area (Å²) in [7, 11) is 1.73. The van der Waals surface area contributed by atoms with E-state index in [0.717, 1.165) is 24.8 Å². The first-order valence-electron chi connectivity index (χ1n) is 10.4. The molecular formula is C21H35F2N5O. The molecule has 1 atom stereocenters. The van der Waals surface area contributed by atoms with Crippen LogP contribution in [0.25, 0.3) is 0 Å². The van der Waals surface area contributed by atoms with Gasteiger partial charge in [-0.05, 0) is 43.7 Å². The SMILES string of the molecule is CN=C(NCc1ccnc(OC(C)CC(C)C)c1)NC1CCN(CC(F)F)CC1. The van der Waals surface area contributed by atoms with E-state index in [0.29, 0.717) is 37.4 Å². The minimum absolute atomic E-state index is 0.121. The molecule has 2 rings (SSSR count). The van der Waals surface area contributed by atoms with Gasteiger partial charge in [0.25, 0.3) is 6.43 Å². The number of aliphatic imine (C=N–C) groups is 1. The number of hydrogen-bond donors (Lipinski definition) is 2. The van der Waals surface area contributed by atoms with Crippen molar-refractivity contribution in [2.24, 2.45) is 10.9 Å². The maximum absolute atomic E-state index is 12.5. The van der Waals surface area contributed by atoms with E-state index in [9.17, 15) is 8.78 Å². The van der Waals surface area contributed by atoms with Crippen LogP contribution in [0.15, 0.2) is 23.3 Å². The Balaban J connectivity index is 1.78. The molecule has 6 nitrogen and oxygen atoms in total. The highest BCUT2D eigenvalue weighted by Crippen LogP contribution is 2.15. The van der Waals surface area contributed by atoms with E-state index >= 15 is 0 Å². The summed E-state index contributed by atoms with van der Waals surface area (Å²) in [5, 5.41) is 6.71. The van der Waals surface area contributed by atoms with Crippen LogP contribution in [0.4, 0.5) is 8.78 Å². The summed E-state index contributed by atoms with van der Waals surface area (Å²) in [4.78, 5) is 10.4.